The van der Waals surface area contributed by atoms with Crippen LogP contribution in [0.4, 0.5) is 5.95 Å². The van der Waals surface area contributed by atoms with Gasteiger partial charge in [0.1, 0.15) is 0 Å². The second-order valence-electron chi connectivity index (χ2n) is 7.55. The van der Waals surface area contributed by atoms with Crippen LogP contribution >= 0.6 is 0 Å². The number of aromatic nitrogens is 3. The van der Waals surface area contributed by atoms with Gasteiger partial charge in [0.05, 0.1) is 19.5 Å². The predicted octanol–water partition coefficient (Wildman–Crippen LogP) is 2.29. The van der Waals surface area contributed by atoms with Gasteiger partial charge >= 0.3 is 0 Å². The lowest BCUT2D eigenvalue weighted by atomic mass is 9.73. The Morgan fingerprint density at radius 3 is 2.67 bits per heavy atom. The normalized spacial score (nSPS) is 22.9. The Morgan fingerprint density at radius 2 is 1.93 bits per heavy atom. The highest BCUT2D eigenvalue weighted by Crippen LogP contribution is 2.40. The van der Waals surface area contributed by atoms with Gasteiger partial charge in [-0.3, -0.25) is 9.78 Å². The van der Waals surface area contributed by atoms with E-state index in [0.29, 0.717) is 18.7 Å². The molecule has 2 aliphatic heterocycles. The molecule has 0 aromatic carbocycles. The van der Waals surface area contributed by atoms with Gasteiger partial charge in [-0.1, -0.05) is 0 Å². The first-order valence-electron chi connectivity index (χ1n) is 9.45. The zero-order chi connectivity index (χ0) is 18.7. The highest BCUT2D eigenvalue weighted by molar-refractivity contribution is 5.77. The monoisotopic (exact) mass is 367 g/mol. The van der Waals surface area contributed by atoms with Gasteiger partial charge in [0.25, 0.3) is 0 Å². The van der Waals surface area contributed by atoms with E-state index in [1.54, 1.807) is 31.9 Å². The molecule has 0 aliphatic carbocycles. The lowest BCUT2D eigenvalue weighted by Gasteiger charge is -2.48. The Balaban J connectivity index is 1.48. The molecule has 0 saturated carbocycles. The molecule has 1 spiro atoms. The second-order valence-corrected chi connectivity index (χ2v) is 7.55. The van der Waals surface area contributed by atoms with Crippen molar-refractivity contribution in [3.63, 3.8) is 0 Å². The van der Waals surface area contributed by atoms with Gasteiger partial charge in [0.2, 0.25) is 11.9 Å². The summed E-state index contributed by atoms with van der Waals surface area (Å²) in [7, 11) is 1.62. The summed E-state index contributed by atoms with van der Waals surface area (Å²) in [6, 6.07) is 3.96. The number of methoxy groups -OCH3 is 1. The smallest absolute Gasteiger partial charge is 0.225 e. The van der Waals surface area contributed by atoms with Gasteiger partial charge < -0.3 is 14.5 Å². The Hall–Kier alpha value is -2.70. The number of piperidine rings is 2. The number of hydrogen-bond donors (Lipinski definition) is 0. The van der Waals surface area contributed by atoms with Crippen molar-refractivity contribution in [2.45, 2.75) is 32.2 Å². The standard InChI is InChI=1S/C20H25N5O2/c1-27-17-11-22-19(23-12-17)24-10-2-6-20(14-24)7-3-18(26)25(15-20)13-16-4-8-21-9-5-16/h4-5,8-9,11-12H,2-3,6-7,10,13-15H2,1H3/t20-/m1/s1. The number of pyridine rings is 1. The van der Waals surface area contributed by atoms with Crippen LogP contribution in [0.2, 0.25) is 0 Å². The largest absolute Gasteiger partial charge is 0.494 e. The average Bonchev–Trinajstić information content (AvgIpc) is 2.72. The molecule has 27 heavy (non-hydrogen) atoms. The van der Waals surface area contributed by atoms with E-state index in [9.17, 15) is 4.79 Å². The van der Waals surface area contributed by atoms with Crippen molar-refractivity contribution < 1.29 is 9.53 Å². The number of carbonyl (C=O) groups excluding carboxylic acids is 1. The molecule has 0 radical (unpaired) electrons. The third kappa shape index (κ3) is 3.86. The summed E-state index contributed by atoms with van der Waals surface area (Å²) in [5.74, 6) is 1.65. The van der Waals surface area contributed by atoms with Crippen LogP contribution in [0.15, 0.2) is 36.9 Å². The summed E-state index contributed by atoms with van der Waals surface area (Å²) in [4.78, 5) is 29.7. The van der Waals surface area contributed by atoms with E-state index in [1.165, 1.54) is 0 Å². The minimum Gasteiger partial charge on any atom is -0.494 e. The molecule has 4 rings (SSSR count). The van der Waals surface area contributed by atoms with Gasteiger partial charge in [0.15, 0.2) is 5.75 Å². The maximum Gasteiger partial charge on any atom is 0.225 e. The highest BCUT2D eigenvalue weighted by Gasteiger charge is 2.42. The van der Waals surface area contributed by atoms with Gasteiger partial charge in [-0.25, -0.2) is 9.97 Å². The van der Waals surface area contributed by atoms with Crippen LogP contribution in [-0.2, 0) is 11.3 Å². The molecule has 0 unspecified atom stereocenters. The number of rotatable bonds is 4. The van der Waals surface area contributed by atoms with Crippen molar-refractivity contribution in [3.05, 3.63) is 42.5 Å². The van der Waals surface area contributed by atoms with Crippen LogP contribution in [0.5, 0.6) is 5.75 Å². The van der Waals surface area contributed by atoms with Crippen molar-refractivity contribution in [3.8, 4) is 5.75 Å². The molecule has 2 saturated heterocycles. The Kier molecular flexibility index (Phi) is 4.92. The van der Waals surface area contributed by atoms with E-state index in [0.717, 1.165) is 50.4 Å². The number of anilines is 1. The van der Waals surface area contributed by atoms with Crippen LogP contribution in [0.25, 0.3) is 0 Å². The molecule has 2 aromatic heterocycles. The molecule has 4 heterocycles. The Morgan fingerprint density at radius 1 is 1.15 bits per heavy atom. The molecular weight excluding hydrogens is 342 g/mol. The van der Waals surface area contributed by atoms with Crippen LogP contribution in [0, 0.1) is 5.41 Å². The van der Waals surface area contributed by atoms with Gasteiger partial charge in [-0.05, 0) is 37.0 Å². The fourth-order valence-electron chi connectivity index (χ4n) is 4.24. The summed E-state index contributed by atoms with van der Waals surface area (Å²) in [6.45, 7) is 3.29. The summed E-state index contributed by atoms with van der Waals surface area (Å²) in [5.41, 5.74) is 1.24. The zero-order valence-electron chi connectivity index (χ0n) is 15.7. The van der Waals surface area contributed by atoms with E-state index in [-0.39, 0.29) is 11.3 Å². The maximum absolute atomic E-state index is 12.5. The van der Waals surface area contributed by atoms with E-state index in [2.05, 4.69) is 19.9 Å². The number of nitrogens with zero attached hydrogens (tertiary/aromatic N) is 5. The summed E-state index contributed by atoms with van der Waals surface area (Å²) < 4.78 is 5.16. The second kappa shape index (κ2) is 7.50. The number of hydrogen-bond acceptors (Lipinski definition) is 6. The Labute approximate surface area is 159 Å². The highest BCUT2D eigenvalue weighted by atomic mass is 16.5. The number of ether oxygens (including phenoxy) is 1. The quantitative estimate of drug-likeness (QED) is 0.826. The molecule has 142 valence electrons. The molecule has 2 aliphatic rings. The van der Waals surface area contributed by atoms with Crippen molar-refractivity contribution in [1.29, 1.82) is 0 Å². The fraction of sp³-hybridized carbons (Fsp3) is 0.500. The molecule has 1 amide bonds. The minimum atomic E-state index is 0.114. The van der Waals surface area contributed by atoms with Crippen LogP contribution in [-0.4, -0.2) is 52.5 Å². The molecule has 2 aromatic rings. The molecule has 0 N–H and O–H groups in total. The molecular formula is C20H25N5O2. The van der Waals surface area contributed by atoms with E-state index < -0.39 is 0 Å². The first kappa shape index (κ1) is 17.7. The van der Waals surface area contributed by atoms with Crippen LogP contribution < -0.4 is 9.64 Å². The van der Waals surface area contributed by atoms with Gasteiger partial charge in [0, 0.05) is 50.4 Å². The van der Waals surface area contributed by atoms with Crippen molar-refractivity contribution in [1.82, 2.24) is 19.9 Å². The van der Waals surface area contributed by atoms with Crippen molar-refractivity contribution >= 4 is 11.9 Å². The van der Waals surface area contributed by atoms with Crippen molar-refractivity contribution in [2.24, 2.45) is 5.41 Å². The zero-order valence-corrected chi connectivity index (χ0v) is 15.7. The maximum atomic E-state index is 12.5. The SMILES string of the molecule is COc1cnc(N2CCC[C@@]3(CCC(=O)N(Cc4ccncc4)C3)C2)nc1. The predicted molar refractivity (Wildman–Crippen MR) is 101 cm³/mol. The van der Waals surface area contributed by atoms with Crippen molar-refractivity contribution in [2.75, 3.05) is 31.6 Å². The van der Waals surface area contributed by atoms with Gasteiger partial charge in [-0.2, -0.15) is 0 Å². The van der Waals surface area contributed by atoms with E-state index in [4.69, 9.17) is 4.74 Å². The minimum absolute atomic E-state index is 0.114. The Bertz CT molecular complexity index is 783. The topological polar surface area (TPSA) is 71.5 Å². The fourth-order valence-corrected chi connectivity index (χ4v) is 4.24. The first-order chi connectivity index (χ1) is 13.2. The van der Waals surface area contributed by atoms with Gasteiger partial charge in [-0.15, -0.1) is 0 Å². The molecule has 7 heteroatoms. The average molecular weight is 367 g/mol. The molecule has 2 fully saturated rings. The van der Waals surface area contributed by atoms with Crippen LogP contribution in [0.3, 0.4) is 0 Å². The van der Waals surface area contributed by atoms with E-state index in [1.807, 2.05) is 17.0 Å². The third-order valence-corrected chi connectivity index (χ3v) is 5.67. The summed E-state index contributed by atoms with van der Waals surface area (Å²) in [5, 5.41) is 0. The summed E-state index contributed by atoms with van der Waals surface area (Å²) >= 11 is 0. The molecule has 7 nitrogen and oxygen atoms in total. The number of likely N-dealkylation sites (tertiary alicyclic amines) is 1. The van der Waals surface area contributed by atoms with E-state index >= 15 is 0 Å². The molecule has 0 bridgehead atoms. The summed E-state index contributed by atoms with van der Waals surface area (Å²) in [6.07, 6.45) is 10.8. The lowest BCUT2D eigenvalue weighted by Crippen LogP contribution is -2.54. The first-order valence-corrected chi connectivity index (χ1v) is 9.45. The molecule has 1 atom stereocenters. The van der Waals surface area contributed by atoms with Crippen LogP contribution in [0.1, 0.15) is 31.2 Å². The lowest BCUT2D eigenvalue weighted by molar-refractivity contribution is -0.138. The number of amides is 1. The third-order valence-electron chi connectivity index (χ3n) is 5.67. The number of carbonyl (C=O) groups is 1.